The molecular formula is C15H19IO2. The zero-order valence-electron chi connectivity index (χ0n) is 10.5. The second kappa shape index (κ2) is 7.12. The third kappa shape index (κ3) is 4.59. The molecule has 18 heavy (non-hydrogen) atoms. The van der Waals surface area contributed by atoms with Crippen molar-refractivity contribution in [2.75, 3.05) is 0 Å². The van der Waals surface area contributed by atoms with Gasteiger partial charge in [0.1, 0.15) is 6.10 Å². The van der Waals surface area contributed by atoms with Gasteiger partial charge >= 0.3 is 5.97 Å². The van der Waals surface area contributed by atoms with Gasteiger partial charge in [-0.25, -0.2) is 0 Å². The van der Waals surface area contributed by atoms with Crippen LogP contribution in [0.5, 0.6) is 0 Å². The van der Waals surface area contributed by atoms with Gasteiger partial charge < -0.3 is 4.74 Å². The summed E-state index contributed by atoms with van der Waals surface area (Å²) in [5, 5.41) is 0. The van der Waals surface area contributed by atoms with E-state index in [4.69, 9.17) is 4.74 Å². The Morgan fingerprint density at radius 1 is 1.28 bits per heavy atom. The number of hydrogen-bond donors (Lipinski definition) is 0. The topological polar surface area (TPSA) is 26.3 Å². The molecule has 1 aliphatic heterocycles. The highest BCUT2D eigenvalue weighted by atomic mass is 127. The number of benzene rings is 1. The molecule has 0 unspecified atom stereocenters. The minimum absolute atomic E-state index is 0.0173. The Morgan fingerprint density at radius 2 is 2.06 bits per heavy atom. The summed E-state index contributed by atoms with van der Waals surface area (Å²) in [6.07, 6.45) is 5.72. The average Bonchev–Trinajstić information content (AvgIpc) is 2.35. The van der Waals surface area contributed by atoms with E-state index in [-0.39, 0.29) is 12.1 Å². The largest absolute Gasteiger partial charge is 0.462 e. The summed E-state index contributed by atoms with van der Waals surface area (Å²) in [4.78, 5) is 11.5. The van der Waals surface area contributed by atoms with E-state index in [2.05, 4.69) is 46.9 Å². The van der Waals surface area contributed by atoms with Crippen LogP contribution >= 0.6 is 22.6 Å². The summed E-state index contributed by atoms with van der Waals surface area (Å²) in [6, 6.07) is 10.4. The molecule has 0 aliphatic carbocycles. The van der Waals surface area contributed by atoms with Crippen LogP contribution in [0, 0.1) is 0 Å². The van der Waals surface area contributed by atoms with Gasteiger partial charge in [-0.3, -0.25) is 4.79 Å². The molecule has 0 saturated carbocycles. The summed E-state index contributed by atoms with van der Waals surface area (Å²) in [6.45, 7) is 0. The summed E-state index contributed by atoms with van der Waals surface area (Å²) < 4.78 is 6.18. The number of carbonyl (C=O) groups is 1. The van der Waals surface area contributed by atoms with E-state index in [1.165, 1.54) is 5.56 Å². The van der Waals surface area contributed by atoms with E-state index in [0.29, 0.717) is 10.3 Å². The van der Waals surface area contributed by atoms with Gasteiger partial charge in [0.2, 0.25) is 0 Å². The van der Waals surface area contributed by atoms with Crippen LogP contribution in [0.4, 0.5) is 0 Å². The van der Waals surface area contributed by atoms with Gasteiger partial charge in [0.25, 0.3) is 0 Å². The lowest BCUT2D eigenvalue weighted by Gasteiger charge is -2.23. The summed E-state index contributed by atoms with van der Waals surface area (Å²) >= 11 is 2.48. The molecule has 1 aromatic rings. The third-order valence-electron chi connectivity index (χ3n) is 3.31. The Morgan fingerprint density at radius 3 is 2.83 bits per heavy atom. The molecule has 0 amide bonds. The minimum Gasteiger partial charge on any atom is -0.462 e. The SMILES string of the molecule is O=C1CCC[C@H](I)C[C@@H](CCc2ccccc2)O1. The second-order valence-corrected chi connectivity index (χ2v) is 6.62. The van der Waals surface area contributed by atoms with Crippen molar-refractivity contribution in [3.05, 3.63) is 35.9 Å². The molecule has 2 atom stereocenters. The average molecular weight is 358 g/mol. The zero-order valence-corrected chi connectivity index (χ0v) is 12.6. The molecule has 1 heterocycles. The summed E-state index contributed by atoms with van der Waals surface area (Å²) in [5.74, 6) is -0.0173. The summed E-state index contributed by atoms with van der Waals surface area (Å²) in [7, 11) is 0. The molecule has 1 aliphatic rings. The highest BCUT2D eigenvalue weighted by Gasteiger charge is 2.21. The first-order valence-electron chi connectivity index (χ1n) is 6.61. The van der Waals surface area contributed by atoms with Crippen LogP contribution in [0.25, 0.3) is 0 Å². The molecule has 0 N–H and O–H groups in total. The lowest BCUT2D eigenvalue weighted by atomic mass is 10.0. The van der Waals surface area contributed by atoms with Crippen molar-refractivity contribution in [1.29, 1.82) is 0 Å². The van der Waals surface area contributed by atoms with Gasteiger partial charge in [0.05, 0.1) is 0 Å². The van der Waals surface area contributed by atoms with E-state index >= 15 is 0 Å². The van der Waals surface area contributed by atoms with Gasteiger partial charge in [0, 0.05) is 10.3 Å². The number of carbonyl (C=O) groups excluding carboxylic acids is 1. The number of rotatable bonds is 3. The van der Waals surface area contributed by atoms with Gasteiger partial charge in [-0.1, -0.05) is 52.9 Å². The zero-order chi connectivity index (χ0) is 12.8. The lowest BCUT2D eigenvalue weighted by molar-refractivity contribution is -0.150. The number of hydrogen-bond acceptors (Lipinski definition) is 2. The van der Waals surface area contributed by atoms with Crippen LogP contribution in [-0.2, 0) is 16.0 Å². The molecular weight excluding hydrogens is 339 g/mol. The normalized spacial score (nSPS) is 25.1. The van der Waals surface area contributed by atoms with E-state index in [1.807, 2.05) is 6.07 Å². The fourth-order valence-electron chi connectivity index (χ4n) is 2.31. The van der Waals surface area contributed by atoms with E-state index < -0.39 is 0 Å². The highest BCUT2D eigenvalue weighted by Crippen LogP contribution is 2.24. The fourth-order valence-corrected chi connectivity index (χ4v) is 3.32. The van der Waals surface area contributed by atoms with Crippen molar-refractivity contribution in [2.24, 2.45) is 0 Å². The molecule has 3 heteroatoms. The molecule has 1 saturated heterocycles. The molecule has 0 radical (unpaired) electrons. The van der Waals surface area contributed by atoms with E-state index in [9.17, 15) is 4.79 Å². The van der Waals surface area contributed by atoms with Gasteiger partial charge in [-0.05, 0) is 37.7 Å². The van der Waals surface area contributed by atoms with Crippen LogP contribution in [0.3, 0.4) is 0 Å². The van der Waals surface area contributed by atoms with Crippen molar-refractivity contribution in [2.45, 2.75) is 48.6 Å². The molecule has 2 nitrogen and oxygen atoms in total. The number of esters is 1. The van der Waals surface area contributed by atoms with Crippen LogP contribution in [0.2, 0.25) is 0 Å². The first kappa shape index (κ1) is 13.8. The predicted molar refractivity (Wildman–Crippen MR) is 80.9 cm³/mol. The van der Waals surface area contributed by atoms with Gasteiger partial charge in [0.15, 0.2) is 0 Å². The molecule has 1 aromatic carbocycles. The fraction of sp³-hybridized carbons (Fsp3) is 0.533. The van der Waals surface area contributed by atoms with Crippen molar-refractivity contribution in [3.8, 4) is 0 Å². The first-order chi connectivity index (χ1) is 8.74. The lowest BCUT2D eigenvalue weighted by Crippen LogP contribution is -2.25. The minimum atomic E-state index is -0.0173. The Labute approximate surface area is 122 Å². The Bertz CT molecular complexity index is 377. The standard InChI is InChI=1S/C15H19IO2/c16-13-7-4-8-15(17)18-14(11-13)10-9-12-5-2-1-3-6-12/h1-3,5-6,13-14H,4,7-11H2/t13-,14+/m0/s1. The van der Waals surface area contributed by atoms with Crippen LogP contribution in [0.1, 0.15) is 37.7 Å². The molecule has 0 spiro atoms. The Balaban J connectivity index is 1.87. The first-order valence-corrected chi connectivity index (χ1v) is 7.86. The quantitative estimate of drug-likeness (QED) is 0.465. The maximum Gasteiger partial charge on any atom is 0.306 e. The highest BCUT2D eigenvalue weighted by molar-refractivity contribution is 14.1. The van der Waals surface area contributed by atoms with Gasteiger partial charge in [-0.15, -0.1) is 0 Å². The van der Waals surface area contributed by atoms with Crippen molar-refractivity contribution in [1.82, 2.24) is 0 Å². The van der Waals surface area contributed by atoms with E-state index in [1.54, 1.807) is 0 Å². The second-order valence-electron chi connectivity index (χ2n) is 4.86. The smallest absolute Gasteiger partial charge is 0.306 e. The summed E-state index contributed by atoms with van der Waals surface area (Å²) in [5.41, 5.74) is 1.32. The third-order valence-corrected chi connectivity index (χ3v) is 4.44. The predicted octanol–water partition coefficient (Wildman–Crippen LogP) is 3.91. The number of aryl methyl sites for hydroxylation is 1. The number of alkyl halides is 1. The molecule has 98 valence electrons. The number of cyclic esters (lactones) is 1. The Kier molecular flexibility index (Phi) is 5.47. The van der Waals surface area contributed by atoms with E-state index in [0.717, 1.165) is 32.1 Å². The molecule has 0 aromatic heterocycles. The van der Waals surface area contributed by atoms with Crippen molar-refractivity contribution >= 4 is 28.6 Å². The maximum absolute atomic E-state index is 11.5. The molecule has 1 fully saturated rings. The number of halogens is 1. The van der Waals surface area contributed by atoms with Crippen LogP contribution < -0.4 is 0 Å². The maximum atomic E-state index is 11.5. The van der Waals surface area contributed by atoms with Crippen molar-refractivity contribution < 1.29 is 9.53 Å². The monoisotopic (exact) mass is 358 g/mol. The van der Waals surface area contributed by atoms with Crippen LogP contribution in [0.15, 0.2) is 30.3 Å². The number of ether oxygens (including phenoxy) is 1. The van der Waals surface area contributed by atoms with Crippen molar-refractivity contribution in [3.63, 3.8) is 0 Å². The Hall–Kier alpha value is -0.580. The van der Waals surface area contributed by atoms with Crippen LogP contribution in [-0.4, -0.2) is 16.0 Å². The molecule has 0 bridgehead atoms. The van der Waals surface area contributed by atoms with Gasteiger partial charge in [-0.2, -0.15) is 0 Å². The molecule has 2 rings (SSSR count).